The second kappa shape index (κ2) is 15.6. The normalized spacial score (nSPS) is 9.91. The van der Waals surface area contributed by atoms with Gasteiger partial charge in [0.1, 0.15) is 17.2 Å². The molecule has 16 heteroatoms. The van der Waals surface area contributed by atoms with E-state index >= 15 is 0 Å². The highest BCUT2D eigenvalue weighted by atomic mass is 79.9. The van der Waals surface area contributed by atoms with Crippen LogP contribution in [0, 0.1) is 22.7 Å². The minimum absolute atomic E-state index is 0.0552. The van der Waals surface area contributed by atoms with Crippen LogP contribution in [-0.2, 0) is 0 Å². The molecular formula is C28H16BrCl5N6O4. The molecule has 4 rings (SSSR count). The van der Waals surface area contributed by atoms with Gasteiger partial charge in [-0.05, 0) is 64.5 Å². The SMILES string of the molecule is N#Cc1ccc(NC(=O)Nc2cccc(Cl)c2Cl)c(O)c1Br.N#Cc1ccc(NC(=O)Nc2cccc(Cl)c2Cl)c(O)c1Cl. The number of amides is 4. The summed E-state index contributed by atoms with van der Waals surface area (Å²) in [5.74, 6) is -0.639. The van der Waals surface area contributed by atoms with Crippen molar-refractivity contribution < 1.29 is 19.8 Å². The molecule has 0 aliphatic carbocycles. The highest BCUT2D eigenvalue weighted by Crippen LogP contribution is 2.36. The number of benzene rings is 4. The maximum Gasteiger partial charge on any atom is 0.323 e. The van der Waals surface area contributed by atoms with E-state index in [1.54, 1.807) is 36.4 Å². The predicted molar refractivity (Wildman–Crippen MR) is 177 cm³/mol. The van der Waals surface area contributed by atoms with Crippen molar-refractivity contribution >= 4 is 109 Å². The van der Waals surface area contributed by atoms with E-state index in [1.165, 1.54) is 24.3 Å². The first-order valence-corrected chi connectivity index (χ1v) is 14.4. The highest BCUT2D eigenvalue weighted by Gasteiger charge is 2.15. The Kier molecular flexibility index (Phi) is 12.2. The average molecular weight is 758 g/mol. The molecule has 224 valence electrons. The molecule has 0 aliphatic heterocycles. The molecule has 0 fully saturated rings. The Hall–Kier alpha value is -4.07. The predicted octanol–water partition coefficient (Wildman–Crippen LogP) is 9.85. The van der Waals surface area contributed by atoms with Gasteiger partial charge in [0.05, 0.1) is 58.4 Å². The highest BCUT2D eigenvalue weighted by molar-refractivity contribution is 9.10. The second-order valence-electron chi connectivity index (χ2n) is 8.23. The number of aromatic hydroxyl groups is 2. The van der Waals surface area contributed by atoms with Crippen LogP contribution in [0.1, 0.15) is 11.1 Å². The Balaban J connectivity index is 0.000000240. The number of phenols is 2. The van der Waals surface area contributed by atoms with Crippen LogP contribution < -0.4 is 21.3 Å². The van der Waals surface area contributed by atoms with Gasteiger partial charge in [-0.15, -0.1) is 0 Å². The maximum absolute atomic E-state index is 11.9. The minimum Gasteiger partial charge on any atom is -0.505 e. The van der Waals surface area contributed by atoms with E-state index in [1.807, 2.05) is 12.1 Å². The zero-order chi connectivity index (χ0) is 32.6. The van der Waals surface area contributed by atoms with Gasteiger partial charge < -0.3 is 31.5 Å². The quantitative estimate of drug-likeness (QED) is 0.113. The van der Waals surface area contributed by atoms with Crippen LogP contribution in [0.5, 0.6) is 11.5 Å². The van der Waals surface area contributed by atoms with E-state index in [0.717, 1.165) is 0 Å². The summed E-state index contributed by atoms with van der Waals surface area (Å²) in [6, 6.07) is 17.7. The van der Waals surface area contributed by atoms with Gasteiger partial charge in [0, 0.05) is 0 Å². The number of nitriles is 2. The molecule has 10 nitrogen and oxygen atoms in total. The monoisotopic (exact) mass is 754 g/mol. The van der Waals surface area contributed by atoms with E-state index < -0.39 is 17.8 Å². The van der Waals surface area contributed by atoms with Crippen LogP contribution in [0.4, 0.5) is 32.3 Å². The lowest BCUT2D eigenvalue weighted by molar-refractivity contribution is 0.261. The molecule has 0 atom stereocenters. The summed E-state index contributed by atoms with van der Waals surface area (Å²) in [6.07, 6.45) is 0. The lowest BCUT2D eigenvalue weighted by Gasteiger charge is -2.11. The van der Waals surface area contributed by atoms with Gasteiger partial charge in [0.2, 0.25) is 0 Å². The maximum atomic E-state index is 11.9. The number of carbonyl (C=O) groups is 2. The largest absolute Gasteiger partial charge is 0.505 e. The number of urea groups is 2. The molecule has 0 aromatic heterocycles. The molecule has 0 bridgehead atoms. The van der Waals surface area contributed by atoms with Gasteiger partial charge in [0.15, 0.2) is 11.5 Å². The molecule has 0 radical (unpaired) electrons. The van der Waals surface area contributed by atoms with Crippen molar-refractivity contribution in [3.05, 3.63) is 101 Å². The van der Waals surface area contributed by atoms with Crippen LogP contribution in [0.25, 0.3) is 0 Å². The third-order valence-electron chi connectivity index (χ3n) is 5.37. The number of rotatable bonds is 4. The first-order valence-electron chi connectivity index (χ1n) is 11.7. The van der Waals surface area contributed by atoms with Crippen LogP contribution in [0.2, 0.25) is 25.1 Å². The number of carbonyl (C=O) groups excluding carboxylic acids is 2. The Morgan fingerprint density at radius 2 is 1.00 bits per heavy atom. The standard InChI is InChI=1S/C14H8BrCl2N3O2.C14H8Cl3N3O2/c15-11-7(6-18)4-5-10(13(11)21)20-14(22)19-9-3-1-2-8(16)12(9)17;15-8-2-1-3-9(12(8)17)19-14(22)20-10-5-4-7(6-18)11(16)13(10)21/h2*1-5,21H,(H2,19,20,22). The summed E-state index contributed by atoms with van der Waals surface area (Å²) in [4.78, 5) is 23.9. The number of halogens is 6. The van der Waals surface area contributed by atoms with Crippen molar-refractivity contribution in [2.24, 2.45) is 0 Å². The number of nitrogens with zero attached hydrogens (tertiary/aromatic N) is 2. The van der Waals surface area contributed by atoms with E-state index in [2.05, 4.69) is 37.2 Å². The van der Waals surface area contributed by atoms with Crippen molar-refractivity contribution in [2.45, 2.75) is 0 Å². The van der Waals surface area contributed by atoms with E-state index in [-0.39, 0.29) is 47.8 Å². The number of phenolic OH excluding ortho intramolecular Hbond substituents is 2. The molecule has 44 heavy (non-hydrogen) atoms. The van der Waals surface area contributed by atoms with E-state index in [4.69, 9.17) is 68.5 Å². The lowest BCUT2D eigenvalue weighted by Crippen LogP contribution is -2.19. The Labute approximate surface area is 283 Å². The fourth-order valence-electron chi connectivity index (χ4n) is 3.26. The van der Waals surface area contributed by atoms with Gasteiger partial charge in [0.25, 0.3) is 0 Å². The van der Waals surface area contributed by atoms with Gasteiger partial charge in [-0.2, -0.15) is 10.5 Å². The molecule has 0 unspecified atom stereocenters. The third kappa shape index (κ3) is 8.52. The van der Waals surface area contributed by atoms with Crippen LogP contribution in [0.3, 0.4) is 0 Å². The average Bonchev–Trinajstić information content (AvgIpc) is 2.99. The zero-order valence-corrected chi connectivity index (χ0v) is 27.0. The molecule has 4 aromatic carbocycles. The van der Waals surface area contributed by atoms with Gasteiger partial charge in [-0.3, -0.25) is 0 Å². The Morgan fingerprint density at radius 3 is 1.45 bits per heavy atom. The minimum atomic E-state index is -0.653. The first-order chi connectivity index (χ1) is 20.9. The molecular weight excluding hydrogens is 742 g/mol. The first kappa shape index (κ1) is 34.4. The van der Waals surface area contributed by atoms with Crippen molar-refractivity contribution in [3.8, 4) is 23.6 Å². The molecule has 4 aromatic rings. The van der Waals surface area contributed by atoms with E-state index in [9.17, 15) is 19.8 Å². The van der Waals surface area contributed by atoms with Gasteiger partial charge in [-0.25, -0.2) is 9.59 Å². The number of anilines is 4. The number of hydrogen-bond donors (Lipinski definition) is 6. The molecule has 0 spiro atoms. The summed E-state index contributed by atoms with van der Waals surface area (Å²) < 4.78 is 0.202. The summed E-state index contributed by atoms with van der Waals surface area (Å²) in [5.41, 5.74) is 1.19. The molecule has 0 saturated carbocycles. The molecule has 0 heterocycles. The van der Waals surface area contributed by atoms with Crippen molar-refractivity contribution in [3.63, 3.8) is 0 Å². The van der Waals surface area contributed by atoms with Crippen LogP contribution >= 0.6 is 73.9 Å². The third-order valence-corrected chi connectivity index (χ3v) is 8.19. The van der Waals surface area contributed by atoms with E-state index in [0.29, 0.717) is 21.4 Å². The second-order valence-corrected chi connectivity index (χ2v) is 11.0. The Morgan fingerprint density at radius 1 is 0.591 bits per heavy atom. The number of hydrogen-bond acceptors (Lipinski definition) is 6. The fraction of sp³-hybridized carbons (Fsp3) is 0. The smallest absolute Gasteiger partial charge is 0.323 e. The lowest BCUT2D eigenvalue weighted by atomic mass is 10.2. The topological polar surface area (TPSA) is 170 Å². The molecule has 0 aliphatic rings. The fourth-order valence-corrected chi connectivity index (χ4v) is 4.59. The number of nitrogens with one attached hydrogen (secondary N) is 4. The molecule has 6 N–H and O–H groups in total. The summed E-state index contributed by atoms with van der Waals surface area (Å²) in [5, 5.41) is 48.2. The summed E-state index contributed by atoms with van der Waals surface area (Å²) in [6.45, 7) is 0. The Bertz CT molecular complexity index is 1710. The zero-order valence-electron chi connectivity index (χ0n) is 21.6. The van der Waals surface area contributed by atoms with Crippen molar-refractivity contribution in [2.75, 3.05) is 21.3 Å². The summed E-state index contributed by atoms with van der Waals surface area (Å²) in [7, 11) is 0. The van der Waals surface area contributed by atoms with Gasteiger partial charge >= 0.3 is 12.1 Å². The molecule has 0 saturated heterocycles. The molecule has 4 amide bonds. The van der Waals surface area contributed by atoms with Crippen molar-refractivity contribution in [1.82, 2.24) is 0 Å². The summed E-state index contributed by atoms with van der Waals surface area (Å²) >= 11 is 32.5. The van der Waals surface area contributed by atoms with Crippen molar-refractivity contribution in [1.29, 1.82) is 10.5 Å². The van der Waals surface area contributed by atoms with Gasteiger partial charge in [-0.1, -0.05) is 70.1 Å². The van der Waals surface area contributed by atoms with Crippen LogP contribution in [0.15, 0.2) is 65.1 Å². The van der Waals surface area contributed by atoms with Crippen LogP contribution in [-0.4, -0.2) is 22.3 Å².